The van der Waals surface area contributed by atoms with Gasteiger partial charge in [-0.3, -0.25) is 4.79 Å². The van der Waals surface area contributed by atoms with Crippen molar-refractivity contribution in [1.29, 1.82) is 0 Å². The fourth-order valence-electron chi connectivity index (χ4n) is 2.72. The zero-order valence-electron chi connectivity index (χ0n) is 12.8. The Balaban J connectivity index is 2.21. The number of Topliss-reactive ketones (excluding diaryl/α,β-unsaturated/α-hetero) is 1. The van der Waals surface area contributed by atoms with E-state index in [1.807, 2.05) is 18.2 Å². The standard InChI is InChI=1S/C17H21N3O/c1-17(2,3)14-6-9-16(21)13(11-14)10-12-4-7-15(8-5-12)19-20-18/h4-5,7-8,10,14H,6,9,11H2,1-3H3. The molecule has 0 spiro atoms. The fourth-order valence-corrected chi connectivity index (χ4v) is 2.72. The topological polar surface area (TPSA) is 65.8 Å². The van der Waals surface area contributed by atoms with Gasteiger partial charge in [0, 0.05) is 17.0 Å². The number of nitrogens with zero attached hydrogens (tertiary/aromatic N) is 3. The Morgan fingerprint density at radius 1 is 1.29 bits per heavy atom. The van der Waals surface area contributed by atoms with Gasteiger partial charge < -0.3 is 0 Å². The van der Waals surface area contributed by atoms with E-state index in [4.69, 9.17) is 5.53 Å². The Kier molecular flexibility index (Phi) is 4.49. The summed E-state index contributed by atoms with van der Waals surface area (Å²) in [5.74, 6) is 0.804. The number of rotatable bonds is 2. The molecule has 4 nitrogen and oxygen atoms in total. The predicted octanol–water partition coefficient (Wildman–Crippen LogP) is 5.43. The second kappa shape index (κ2) is 6.15. The molecule has 0 aliphatic heterocycles. The molecule has 2 rings (SSSR count). The average Bonchev–Trinajstić information content (AvgIpc) is 2.42. The van der Waals surface area contributed by atoms with Gasteiger partial charge in [0.2, 0.25) is 0 Å². The van der Waals surface area contributed by atoms with Gasteiger partial charge in [-0.15, -0.1) is 0 Å². The lowest BCUT2D eigenvalue weighted by atomic mass is 9.70. The van der Waals surface area contributed by atoms with Crippen LogP contribution in [0.25, 0.3) is 16.5 Å². The molecule has 1 fully saturated rings. The highest BCUT2D eigenvalue weighted by Gasteiger charge is 2.31. The molecule has 0 aromatic heterocycles. The summed E-state index contributed by atoms with van der Waals surface area (Å²) >= 11 is 0. The largest absolute Gasteiger partial charge is 0.295 e. The van der Waals surface area contributed by atoms with Crippen LogP contribution >= 0.6 is 0 Å². The highest BCUT2D eigenvalue weighted by molar-refractivity contribution is 6.00. The Morgan fingerprint density at radius 2 is 1.95 bits per heavy atom. The maximum absolute atomic E-state index is 12.1. The van der Waals surface area contributed by atoms with Crippen molar-refractivity contribution >= 4 is 17.5 Å². The van der Waals surface area contributed by atoms with Gasteiger partial charge in [0.15, 0.2) is 5.78 Å². The van der Waals surface area contributed by atoms with E-state index in [9.17, 15) is 4.79 Å². The average molecular weight is 283 g/mol. The van der Waals surface area contributed by atoms with Gasteiger partial charge in [0.1, 0.15) is 0 Å². The summed E-state index contributed by atoms with van der Waals surface area (Å²) in [6.45, 7) is 6.71. The van der Waals surface area contributed by atoms with Crippen LogP contribution in [0.5, 0.6) is 0 Å². The van der Waals surface area contributed by atoms with Crippen molar-refractivity contribution in [3.63, 3.8) is 0 Å². The summed E-state index contributed by atoms with van der Waals surface area (Å²) in [4.78, 5) is 14.9. The number of ketones is 1. The summed E-state index contributed by atoms with van der Waals surface area (Å²) in [6, 6.07) is 7.29. The van der Waals surface area contributed by atoms with Crippen LogP contribution in [0.3, 0.4) is 0 Å². The lowest BCUT2D eigenvalue weighted by Gasteiger charge is -2.34. The quantitative estimate of drug-likeness (QED) is 0.309. The molecule has 0 amide bonds. The van der Waals surface area contributed by atoms with E-state index in [-0.39, 0.29) is 11.2 Å². The normalized spacial score (nSPS) is 21.2. The van der Waals surface area contributed by atoms with Crippen molar-refractivity contribution in [1.82, 2.24) is 0 Å². The summed E-state index contributed by atoms with van der Waals surface area (Å²) < 4.78 is 0. The number of azide groups is 1. The van der Waals surface area contributed by atoms with Crippen LogP contribution in [0, 0.1) is 11.3 Å². The van der Waals surface area contributed by atoms with Gasteiger partial charge in [0.05, 0.1) is 0 Å². The number of hydrogen-bond acceptors (Lipinski definition) is 2. The monoisotopic (exact) mass is 283 g/mol. The second-order valence-electron chi connectivity index (χ2n) is 6.68. The van der Waals surface area contributed by atoms with Gasteiger partial charge in [-0.25, -0.2) is 0 Å². The molecule has 1 aromatic rings. The Morgan fingerprint density at radius 3 is 2.52 bits per heavy atom. The van der Waals surface area contributed by atoms with Crippen LogP contribution in [-0.4, -0.2) is 5.78 Å². The number of carbonyl (C=O) groups is 1. The van der Waals surface area contributed by atoms with Crippen molar-refractivity contribution in [3.05, 3.63) is 45.8 Å². The van der Waals surface area contributed by atoms with Crippen LogP contribution in [0.2, 0.25) is 0 Å². The van der Waals surface area contributed by atoms with E-state index >= 15 is 0 Å². The number of carbonyl (C=O) groups excluding carboxylic acids is 1. The van der Waals surface area contributed by atoms with Crippen molar-refractivity contribution < 1.29 is 4.79 Å². The number of benzene rings is 1. The van der Waals surface area contributed by atoms with Gasteiger partial charge in [-0.05, 0) is 46.9 Å². The van der Waals surface area contributed by atoms with Crippen LogP contribution < -0.4 is 0 Å². The first-order chi connectivity index (χ1) is 9.90. The van der Waals surface area contributed by atoms with Gasteiger partial charge in [-0.1, -0.05) is 50.2 Å². The maximum Gasteiger partial charge on any atom is 0.158 e. The minimum Gasteiger partial charge on any atom is -0.295 e. The third kappa shape index (κ3) is 3.96. The molecule has 1 aliphatic carbocycles. The maximum atomic E-state index is 12.1. The highest BCUT2D eigenvalue weighted by atomic mass is 16.1. The van der Waals surface area contributed by atoms with Crippen molar-refractivity contribution in [2.75, 3.05) is 0 Å². The SMILES string of the molecule is CC(C)(C)C1CCC(=O)C(=Cc2ccc(N=[N+]=[N-])cc2)C1. The molecule has 110 valence electrons. The Labute approximate surface area is 125 Å². The first kappa shape index (κ1) is 15.3. The third-order valence-corrected chi connectivity index (χ3v) is 4.16. The molecule has 0 bridgehead atoms. The molecule has 1 unspecified atom stereocenters. The first-order valence-electron chi connectivity index (χ1n) is 7.29. The molecule has 21 heavy (non-hydrogen) atoms. The molecule has 1 saturated carbocycles. The number of allylic oxidation sites excluding steroid dienone is 1. The van der Waals surface area contributed by atoms with Crippen LogP contribution in [0.4, 0.5) is 5.69 Å². The van der Waals surface area contributed by atoms with Crippen LogP contribution in [0.15, 0.2) is 35.0 Å². The number of hydrogen-bond donors (Lipinski definition) is 0. The molecule has 1 atom stereocenters. The highest BCUT2D eigenvalue weighted by Crippen LogP contribution is 2.39. The fraction of sp³-hybridized carbons (Fsp3) is 0.471. The van der Waals surface area contributed by atoms with Crippen LogP contribution in [-0.2, 0) is 4.79 Å². The zero-order chi connectivity index (χ0) is 15.5. The van der Waals surface area contributed by atoms with Crippen molar-refractivity contribution in [2.24, 2.45) is 16.4 Å². The van der Waals surface area contributed by atoms with E-state index in [2.05, 4.69) is 30.8 Å². The van der Waals surface area contributed by atoms with E-state index in [0.717, 1.165) is 24.0 Å². The molecular formula is C17H21N3O. The minimum absolute atomic E-state index is 0.227. The Bertz CT molecular complexity index is 602. The van der Waals surface area contributed by atoms with Gasteiger partial charge in [-0.2, -0.15) is 0 Å². The predicted molar refractivity (Wildman–Crippen MR) is 85.0 cm³/mol. The van der Waals surface area contributed by atoms with E-state index in [0.29, 0.717) is 18.0 Å². The molecule has 0 radical (unpaired) electrons. The van der Waals surface area contributed by atoms with E-state index in [1.54, 1.807) is 12.1 Å². The first-order valence-corrected chi connectivity index (χ1v) is 7.29. The second-order valence-corrected chi connectivity index (χ2v) is 6.68. The molecule has 1 aromatic carbocycles. The molecule has 4 heteroatoms. The molecule has 0 N–H and O–H groups in total. The lowest BCUT2D eigenvalue weighted by molar-refractivity contribution is -0.117. The molecule has 1 aliphatic rings. The molecule has 0 heterocycles. The summed E-state index contributed by atoms with van der Waals surface area (Å²) in [5.41, 5.74) is 11.1. The van der Waals surface area contributed by atoms with Gasteiger partial charge in [0.25, 0.3) is 0 Å². The minimum atomic E-state index is 0.227. The van der Waals surface area contributed by atoms with E-state index < -0.39 is 0 Å². The molecular weight excluding hydrogens is 262 g/mol. The van der Waals surface area contributed by atoms with Gasteiger partial charge >= 0.3 is 0 Å². The van der Waals surface area contributed by atoms with Crippen molar-refractivity contribution in [3.8, 4) is 0 Å². The third-order valence-electron chi connectivity index (χ3n) is 4.16. The van der Waals surface area contributed by atoms with Crippen LogP contribution in [0.1, 0.15) is 45.6 Å². The summed E-state index contributed by atoms with van der Waals surface area (Å²) in [5, 5.41) is 3.55. The lowest BCUT2D eigenvalue weighted by Crippen LogP contribution is -2.27. The van der Waals surface area contributed by atoms with E-state index in [1.165, 1.54) is 0 Å². The van der Waals surface area contributed by atoms with Crippen molar-refractivity contribution in [2.45, 2.75) is 40.0 Å². The summed E-state index contributed by atoms with van der Waals surface area (Å²) in [6.07, 6.45) is 4.45. The summed E-state index contributed by atoms with van der Waals surface area (Å²) in [7, 11) is 0. The zero-order valence-corrected chi connectivity index (χ0v) is 12.8. The molecule has 0 saturated heterocycles. The smallest absolute Gasteiger partial charge is 0.158 e. The Hall–Kier alpha value is -2.06.